The van der Waals surface area contributed by atoms with Gasteiger partial charge in [-0.05, 0) is 55.9 Å². The van der Waals surface area contributed by atoms with Crippen LogP contribution in [0, 0.1) is 12.7 Å². The first-order valence-corrected chi connectivity index (χ1v) is 12.8. The van der Waals surface area contributed by atoms with Crippen LogP contribution in [-0.4, -0.2) is 61.7 Å². The van der Waals surface area contributed by atoms with Gasteiger partial charge < -0.3 is 10.2 Å². The molecular weight excluding hydrogens is 463 g/mol. The van der Waals surface area contributed by atoms with Crippen molar-refractivity contribution in [3.8, 4) is 10.6 Å². The summed E-state index contributed by atoms with van der Waals surface area (Å²) in [7, 11) is -1.54. The van der Waals surface area contributed by atoms with Crippen molar-refractivity contribution in [1.82, 2.24) is 19.5 Å². The highest BCUT2D eigenvalue weighted by Crippen LogP contribution is 2.28. The predicted octanol–water partition coefficient (Wildman–Crippen LogP) is 3.12. The van der Waals surface area contributed by atoms with E-state index in [0.29, 0.717) is 41.8 Å². The van der Waals surface area contributed by atoms with E-state index in [-0.39, 0.29) is 23.2 Å². The van der Waals surface area contributed by atoms with Crippen LogP contribution in [-0.2, 0) is 16.6 Å². The van der Waals surface area contributed by atoms with E-state index in [2.05, 4.69) is 15.2 Å². The van der Waals surface area contributed by atoms with E-state index in [4.69, 9.17) is 0 Å². The molecule has 1 aromatic heterocycles. The summed E-state index contributed by atoms with van der Waals surface area (Å²) in [6.07, 6.45) is 0. The molecule has 1 aliphatic rings. The van der Waals surface area contributed by atoms with E-state index in [0.717, 1.165) is 11.1 Å². The zero-order valence-corrected chi connectivity index (χ0v) is 20.0. The van der Waals surface area contributed by atoms with E-state index >= 15 is 0 Å². The summed E-state index contributed by atoms with van der Waals surface area (Å²) in [4.78, 5) is 20.0. The molecule has 4 rings (SSSR count). The summed E-state index contributed by atoms with van der Waals surface area (Å²) in [5.74, 6) is -0.583. The third-order valence-corrected chi connectivity index (χ3v) is 8.69. The van der Waals surface area contributed by atoms with Gasteiger partial charge in [-0.25, -0.2) is 17.8 Å². The molecule has 3 aromatic rings. The molecule has 7 nitrogen and oxygen atoms in total. The molecule has 0 spiro atoms. The van der Waals surface area contributed by atoms with Gasteiger partial charge in [-0.1, -0.05) is 12.1 Å². The Kier molecular flexibility index (Phi) is 6.89. The average Bonchev–Trinajstić information content (AvgIpc) is 3.20. The molecular formula is C23H25FN4O3S2. The number of carbonyl (C=O) groups excluding carboxylic acids is 1. The lowest BCUT2D eigenvalue weighted by atomic mass is 10.2. The number of hydrogen-bond acceptors (Lipinski definition) is 6. The first-order chi connectivity index (χ1) is 15.7. The lowest BCUT2D eigenvalue weighted by Gasteiger charge is -2.31. The van der Waals surface area contributed by atoms with Crippen LogP contribution >= 0.6 is 11.3 Å². The molecule has 0 bridgehead atoms. The fourth-order valence-electron chi connectivity index (χ4n) is 3.54. The van der Waals surface area contributed by atoms with Crippen LogP contribution < -0.4 is 5.32 Å². The monoisotopic (exact) mass is 488 g/mol. The van der Waals surface area contributed by atoms with Crippen LogP contribution in [0.1, 0.15) is 20.9 Å². The SMILES string of the molecule is Cc1nc(-c2ccc(F)cc2)sc1C(=O)NCc1ccc(S(=O)(=O)N2CCN(C)CC2)cc1. The maximum Gasteiger partial charge on any atom is 0.263 e. The van der Waals surface area contributed by atoms with Gasteiger partial charge in [0.25, 0.3) is 5.91 Å². The topological polar surface area (TPSA) is 82.6 Å². The Morgan fingerprint density at radius 2 is 1.70 bits per heavy atom. The molecule has 2 aromatic carbocycles. The Morgan fingerprint density at radius 3 is 2.33 bits per heavy atom. The van der Waals surface area contributed by atoms with Gasteiger partial charge >= 0.3 is 0 Å². The number of amides is 1. The number of carbonyl (C=O) groups is 1. The number of halogens is 1. The summed E-state index contributed by atoms with van der Waals surface area (Å²) < 4.78 is 40.4. The molecule has 33 heavy (non-hydrogen) atoms. The van der Waals surface area contributed by atoms with Gasteiger partial charge in [0.2, 0.25) is 10.0 Å². The van der Waals surface area contributed by atoms with Crippen molar-refractivity contribution in [2.45, 2.75) is 18.4 Å². The Morgan fingerprint density at radius 1 is 1.06 bits per heavy atom. The molecule has 0 radical (unpaired) electrons. The summed E-state index contributed by atoms with van der Waals surface area (Å²) in [5, 5.41) is 3.51. The van der Waals surface area contributed by atoms with Gasteiger partial charge in [0.15, 0.2) is 0 Å². The van der Waals surface area contributed by atoms with Crippen molar-refractivity contribution in [2.24, 2.45) is 0 Å². The summed E-state index contributed by atoms with van der Waals surface area (Å²) in [6.45, 7) is 4.40. The summed E-state index contributed by atoms with van der Waals surface area (Å²) in [5.41, 5.74) is 2.15. The number of aryl methyl sites for hydroxylation is 1. The van der Waals surface area contributed by atoms with Gasteiger partial charge in [0.1, 0.15) is 15.7 Å². The van der Waals surface area contributed by atoms with E-state index in [1.54, 1.807) is 43.3 Å². The van der Waals surface area contributed by atoms with Crippen molar-refractivity contribution >= 4 is 27.3 Å². The molecule has 0 unspecified atom stereocenters. The quantitative estimate of drug-likeness (QED) is 0.577. The number of aromatic nitrogens is 1. The Labute approximate surface area is 196 Å². The van der Waals surface area contributed by atoms with Crippen LogP contribution in [0.4, 0.5) is 4.39 Å². The van der Waals surface area contributed by atoms with E-state index in [1.165, 1.54) is 27.8 Å². The molecule has 1 fully saturated rings. The number of piperazine rings is 1. The van der Waals surface area contributed by atoms with Crippen LogP contribution in [0.2, 0.25) is 0 Å². The molecule has 10 heteroatoms. The molecule has 2 heterocycles. The number of benzene rings is 2. The molecule has 1 N–H and O–H groups in total. The fraction of sp³-hybridized carbons (Fsp3) is 0.304. The largest absolute Gasteiger partial charge is 0.347 e. The van der Waals surface area contributed by atoms with Crippen molar-refractivity contribution in [3.05, 3.63) is 70.5 Å². The minimum atomic E-state index is -3.52. The van der Waals surface area contributed by atoms with E-state index < -0.39 is 10.0 Å². The molecule has 1 aliphatic heterocycles. The maximum absolute atomic E-state index is 13.2. The molecule has 174 valence electrons. The second kappa shape index (κ2) is 9.68. The first kappa shape index (κ1) is 23.5. The van der Waals surface area contributed by atoms with Gasteiger partial charge in [0, 0.05) is 38.3 Å². The molecule has 1 saturated heterocycles. The second-order valence-corrected chi connectivity index (χ2v) is 10.9. The van der Waals surface area contributed by atoms with Crippen LogP contribution in [0.25, 0.3) is 10.6 Å². The van der Waals surface area contributed by atoms with Crippen molar-refractivity contribution in [2.75, 3.05) is 33.2 Å². The van der Waals surface area contributed by atoms with Crippen LogP contribution in [0.3, 0.4) is 0 Å². The van der Waals surface area contributed by atoms with Crippen molar-refractivity contribution < 1.29 is 17.6 Å². The van der Waals surface area contributed by atoms with Crippen molar-refractivity contribution in [3.63, 3.8) is 0 Å². The Hall–Kier alpha value is -2.66. The van der Waals surface area contributed by atoms with Crippen LogP contribution in [0.15, 0.2) is 53.4 Å². The number of likely N-dealkylation sites (N-methyl/N-ethyl adjacent to an activating group) is 1. The minimum absolute atomic E-state index is 0.254. The average molecular weight is 489 g/mol. The number of nitrogens with zero attached hydrogens (tertiary/aromatic N) is 3. The highest BCUT2D eigenvalue weighted by atomic mass is 32.2. The maximum atomic E-state index is 13.2. The molecule has 0 atom stereocenters. The fourth-order valence-corrected chi connectivity index (χ4v) is 5.95. The number of rotatable bonds is 6. The van der Waals surface area contributed by atoms with Crippen LogP contribution in [0.5, 0.6) is 0 Å². The van der Waals surface area contributed by atoms with Gasteiger partial charge in [0.05, 0.1) is 10.6 Å². The number of hydrogen-bond donors (Lipinski definition) is 1. The highest BCUT2D eigenvalue weighted by molar-refractivity contribution is 7.89. The Balaban J connectivity index is 1.39. The van der Waals surface area contributed by atoms with E-state index in [9.17, 15) is 17.6 Å². The molecule has 1 amide bonds. The third kappa shape index (κ3) is 5.30. The minimum Gasteiger partial charge on any atom is -0.347 e. The van der Waals surface area contributed by atoms with Gasteiger partial charge in [-0.2, -0.15) is 4.31 Å². The molecule has 0 saturated carbocycles. The normalized spacial score (nSPS) is 15.5. The standard InChI is InChI=1S/C23H25FN4O3S2/c1-16-21(32-23(26-16)18-5-7-19(24)8-6-18)22(29)25-15-17-3-9-20(10-4-17)33(30,31)28-13-11-27(2)12-14-28/h3-10H,11-15H2,1-2H3,(H,25,29). The smallest absolute Gasteiger partial charge is 0.263 e. The lowest BCUT2D eigenvalue weighted by molar-refractivity contribution is 0.0954. The number of thiazole rings is 1. The van der Waals surface area contributed by atoms with Crippen molar-refractivity contribution in [1.29, 1.82) is 0 Å². The lowest BCUT2D eigenvalue weighted by Crippen LogP contribution is -2.47. The highest BCUT2D eigenvalue weighted by Gasteiger charge is 2.27. The second-order valence-electron chi connectivity index (χ2n) is 7.97. The number of sulfonamides is 1. The van der Waals surface area contributed by atoms with Gasteiger partial charge in [-0.15, -0.1) is 11.3 Å². The Bertz CT molecular complexity index is 1230. The zero-order chi connectivity index (χ0) is 23.6. The first-order valence-electron chi connectivity index (χ1n) is 10.5. The summed E-state index contributed by atoms with van der Waals surface area (Å²) >= 11 is 1.25. The third-order valence-electron chi connectivity index (χ3n) is 5.57. The molecule has 0 aliphatic carbocycles. The van der Waals surface area contributed by atoms with Gasteiger partial charge in [-0.3, -0.25) is 4.79 Å². The predicted molar refractivity (Wildman–Crippen MR) is 126 cm³/mol. The zero-order valence-electron chi connectivity index (χ0n) is 18.4. The van der Waals surface area contributed by atoms with E-state index in [1.807, 2.05) is 7.05 Å². The number of nitrogens with one attached hydrogen (secondary N) is 1. The summed E-state index contributed by atoms with van der Waals surface area (Å²) in [6, 6.07) is 12.6.